The highest BCUT2D eigenvalue weighted by Gasteiger charge is 2.44. The van der Waals surface area contributed by atoms with E-state index in [0.717, 1.165) is 45.7 Å². The molecule has 0 radical (unpaired) electrons. The van der Waals surface area contributed by atoms with Crippen molar-refractivity contribution in [3.8, 4) is 5.75 Å². The van der Waals surface area contributed by atoms with Crippen molar-refractivity contribution < 1.29 is 14.9 Å². The van der Waals surface area contributed by atoms with Crippen LogP contribution in [0.25, 0.3) is 5.57 Å². The maximum absolute atomic E-state index is 12.2. The minimum atomic E-state index is -0.488. The van der Waals surface area contributed by atoms with Gasteiger partial charge in [0.05, 0.1) is 25.4 Å². The van der Waals surface area contributed by atoms with Gasteiger partial charge in [-0.3, -0.25) is 4.79 Å². The van der Waals surface area contributed by atoms with Gasteiger partial charge in [0.1, 0.15) is 16.9 Å². The second-order valence-corrected chi connectivity index (χ2v) is 9.25. The summed E-state index contributed by atoms with van der Waals surface area (Å²) in [5.41, 5.74) is 2.89. The van der Waals surface area contributed by atoms with Gasteiger partial charge in [0.15, 0.2) is 5.75 Å². The predicted molar refractivity (Wildman–Crippen MR) is 110 cm³/mol. The van der Waals surface area contributed by atoms with E-state index in [1.165, 1.54) is 0 Å². The fraction of sp³-hybridized carbons (Fsp3) is 0.278. The third-order valence-corrected chi connectivity index (χ3v) is 7.23. The number of benzene rings is 1. The summed E-state index contributed by atoms with van der Waals surface area (Å²) in [5, 5.41) is 16.3. The molecular weight excluding hydrogens is 530 g/mol. The summed E-state index contributed by atoms with van der Waals surface area (Å²) in [6.07, 6.45) is 5.55. The molecule has 0 fully saturated rings. The van der Waals surface area contributed by atoms with Crippen LogP contribution in [0.5, 0.6) is 5.75 Å². The summed E-state index contributed by atoms with van der Waals surface area (Å²) in [7, 11) is 0. The normalized spacial score (nSPS) is 22.0. The number of ketones is 1. The molecular formula is C18H13Br3N3O2+. The van der Waals surface area contributed by atoms with Crippen LogP contribution < -0.4 is 20.9 Å². The molecule has 0 aromatic heterocycles. The number of phenols is 1. The minimum absolute atomic E-state index is 0.0685. The third-order valence-electron chi connectivity index (χ3n) is 5.39. The van der Waals surface area contributed by atoms with Crippen molar-refractivity contribution in [2.75, 3.05) is 18.4 Å². The molecule has 0 amide bonds. The van der Waals surface area contributed by atoms with Crippen molar-refractivity contribution in [2.45, 2.75) is 18.3 Å². The maximum atomic E-state index is 12.2. The van der Waals surface area contributed by atoms with Gasteiger partial charge in [-0.1, -0.05) is 12.2 Å². The number of phenolic OH excluding ortho intramolecular Hbond substituents is 1. The van der Waals surface area contributed by atoms with Crippen LogP contribution in [-0.2, 0) is 10.2 Å². The number of fused-ring (bicyclic) bond motifs is 3. The quantitative estimate of drug-likeness (QED) is 0.432. The molecule has 3 heterocycles. The van der Waals surface area contributed by atoms with Crippen LogP contribution in [0.4, 0.5) is 11.4 Å². The molecule has 3 aliphatic heterocycles. The number of aliphatic imine (C=N–C) groups is 1. The van der Waals surface area contributed by atoms with Crippen LogP contribution in [0.1, 0.15) is 18.4 Å². The number of halogens is 3. The van der Waals surface area contributed by atoms with Gasteiger partial charge >= 0.3 is 0 Å². The lowest BCUT2D eigenvalue weighted by Crippen LogP contribution is -2.83. The largest absolute Gasteiger partial charge is 0.504 e. The van der Waals surface area contributed by atoms with Crippen molar-refractivity contribution in [3.63, 3.8) is 0 Å². The van der Waals surface area contributed by atoms with Crippen LogP contribution in [0.2, 0.25) is 0 Å². The van der Waals surface area contributed by atoms with Crippen molar-refractivity contribution in [1.29, 1.82) is 0 Å². The molecule has 5 nitrogen and oxygen atoms in total. The summed E-state index contributed by atoms with van der Waals surface area (Å²) >= 11 is 10.4. The standard InChI is InChI=1S/C18H12Br3N3O2/c19-8-5-18(6-9(20)15(8)25)2-4-23-14-11(18)12-10-7(1-3-22-12)17(21)24-13(10)16(14)26/h5-6,23,26H,1-4H2/p+1. The first-order chi connectivity index (χ1) is 12.4. The number of hydrogen-bond donors (Lipinski definition) is 3. The molecule has 0 saturated heterocycles. The van der Waals surface area contributed by atoms with Crippen LogP contribution >= 0.6 is 47.8 Å². The summed E-state index contributed by atoms with van der Waals surface area (Å²) in [5.74, 6) is 0.0976. The Morgan fingerprint density at radius 2 is 1.96 bits per heavy atom. The predicted octanol–water partition coefficient (Wildman–Crippen LogP) is 1.28. The lowest BCUT2D eigenvalue weighted by molar-refractivity contribution is -0.501. The molecule has 26 heavy (non-hydrogen) atoms. The molecule has 1 aromatic carbocycles. The molecule has 132 valence electrons. The average Bonchev–Trinajstić information content (AvgIpc) is 2.96. The number of hydrogen-bond acceptors (Lipinski definition) is 4. The summed E-state index contributed by atoms with van der Waals surface area (Å²) in [6, 6.07) is 0. The van der Waals surface area contributed by atoms with Crippen LogP contribution in [0, 0.1) is 0 Å². The van der Waals surface area contributed by atoms with Crippen molar-refractivity contribution in [3.05, 3.63) is 37.3 Å². The Balaban J connectivity index is 1.95. The highest BCUT2D eigenvalue weighted by molar-refractivity contribution is 9.18. The van der Waals surface area contributed by atoms with Crippen molar-refractivity contribution in [1.82, 2.24) is 0 Å². The Labute approximate surface area is 174 Å². The first-order valence-electron chi connectivity index (χ1n) is 8.26. The van der Waals surface area contributed by atoms with Gasteiger partial charge in [-0.2, -0.15) is 0 Å². The van der Waals surface area contributed by atoms with Crippen LogP contribution in [-0.4, -0.2) is 28.6 Å². The van der Waals surface area contributed by atoms with Gasteiger partial charge < -0.3 is 10.4 Å². The molecule has 5 rings (SSSR count). The summed E-state index contributed by atoms with van der Waals surface area (Å²) in [6.45, 7) is 1.48. The highest BCUT2D eigenvalue weighted by Crippen LogP contribution is 2.48. The van der Waals surface area contributed by atoms with E-state index in [9.17, 15) is 9.90 Å². The van der Waals surface area contributed by atoms with Gasteiger partial charge in [0, 0.05) is 24.0 Å². The highest BCUT2D eigenvalue weighted by atomic mass is 79.9. The van der Waals surface area contributed by atoms with E-state index < -0.39 is 5.41 Å². The lowest BCUT2D eigenvalue weighted by atomic mass is 9.71. The first-order valence-corrected chi connectivity index (χ1v) is 10.6. The van der Waals surface area contributed by atoms with Crippen LogP contribution in [0.3, 0.4) is 0 Å². The zero-order chi connectivity index (χ0) is 18.2. The number of carbonyl (C=O) groups is 1. The van der Waals surface area contributed by atoms with Crippen molar-refractivity contribution >= 4 is 75.1 Å². The molecule has 1 spiro atoms. The van der Waals surface area contributed by atoms with Gasteiger partial charge in [0.25, 0.3) is 0 Å². The SMILES string of the molecule is O=C1C(Br)=CC2(C=C1Br)CCNc1c(O)c3c4c(c12)=[NH+]CCC=4C(Br)=N3. The van der Waals surface area contributed by atoms with E-state index >= 15 is 0 Å². The second-order valence-electron chi connectivity index (χ2n) is 6.79. The van der Waals surface area contributed by atoms with E-state index in [1.54, 1.807) is 0 Å². The smallest absolute Gasteiger partial charge is 0.215 e. The number of allylic oxidation sites excluding steroid dienone is 4. The fourth-order valence-corrected chi connectivity index (χ4v) is 6.38. The third kappa shape index (κ3) is 2.09. The maximum Gasteiger partial charge on any atom is 0.215 e. The molecule has 0 atom stereocenters. The molecule has 8 heteroatoms. The first kappa shape index (κ1) is 16.9. The van der Waals surface area contributed by atoms with E-state index in [-0.39, 0.29) is 11.5 Å². The number of Topliss-reactive ketones (excluding diaryl/α,β-unsaturated/α-hetero) is 1. The number of nitrogens with one attached hydrogen (secondary N) is 2. The fourth-order valence-electron chi connectivity index (χ4n) is 4.30. The second kappa shape index (κ2) is 5.62. The Hall–Kier alpha value is -1.25. The topological polar surface area (TPSA) is 75.7 Å². The molecule has 1 aromatic rings. The van der Waals surface area contributed by atoms with Crippen LogP contribution in [0.15, 0.2) is 26.1 Å². The van der Waals surface area contributed by atoms with Gasteiger partial charge in [-0.25, -0.2) is 9.98 Å². The van der Waals surface area contributed by atoms with Gasteiger partial charge in [0.2, 0.25) is 11.1 Å². The minimum Gasteiger partial charge on any atom is -0.504 e. The number of anilines is 1. The molecule has 1 aliphatic carbocycles. The molecule has 0 saturated carbocycles. The van der Waals surface area contributed by atoms with E-state index in [1.807, 2.05) is 12.2 Å². The lowest BCUT2D eigenvalue weighted by Gasteiger charge is -2.36. The Kier molecular flexibility index (Phi) is 3.65. The number of rotatable bonds is 0. The van der Waals surface area contributed by atoms with Crippen molar-refractivity contribution in [2.24, 2.45) is 4.99 Å². The Bertz CT molecular complexity index is 1110. The molecule has 4 aliphatic rings. The van der Waals surface area contributed by atoms with E-state index in [4.69, 9.17) is 0 Å². The van der Waals surface area contributed by atoms with E-state index in [0.29, 0.717) is 26.9 Å². The monoisotopic (exact) mass is 540 g/mol. The zero-order valence-electron chi connectivity index (χ0n) is 13.4. The molecule has 3 N–H and O–H groups in total. The number of aromatic hydroxyl groups is 1. The number of nitrogens with zero attached hydrogens (tertiary/aromatic N) is 1. The van der Waals surface area contributed by atoms with E-state index in [2.05, 4.69) is 63.1 Å². The van der Waals surface area contributed by atoms with Gasteiger partial charge in [-0.05, 0) is 54.2 Å². The Morgan fingerprint density at radius 1 is 1.23 bits per heavy atom. The number of carbonyl (C=O) groups excluding carboxylic acids is 1. The summed E-state index contributed by atoms with van der Waals surface area (Å²) < 4.78 is 1.85. The molecule has 0 bridgehead atoms. The Morgan fingerprint density at radius 3 is 2.69 bits per heavy atom. The average molecular weight is 543 g/mol. The zero-order valence-corrected chi connectivity index (χ0v) is 18.2. The summed E-state index contributed by atoms with van der Waals surface area (Å²) in [4.78, 5) is 20.3. The van der Waals surface area contributed by atoms with Gasteiger partial charge in [-0.15, -0.1) is 0 Å². The molecule has 0 unspecified atom stereocenters.